The number of nitrogens with one attached hydrogen (secondary N) is 1. The van der Waals surface area contributed by atoms with Gasteiger partial charge >= 0.3 is 0 Å². The lowest BCUT2D eigenvalue weighted by Gasteiger charge is -2.18. The highest BCUT2D eigenvalue weighted by Crippen LogP contribution is 2.53. The van der Waals surface area contributed by atoms with Gasteiger partial charge in [0, 0.05) is 16.3 Å². The molecule has 0 aromatic heterocycles. The maximum atomic E-state index is 12.9. The fraction of sp³-hybridized carbons (Fsp3) is 0.227. The van der Waals surface area contributed by atoms with E-state index in [1.165, 1.54) is 4.90 Å². The molecule has 0 spiro atoms. The zero-order valence-electron chi connectivity index (χ0n) is 14.8. The molecule has 1 N–H and O–H groups in total. The maximum Gasteiger partial charge on any atom is 0.255 e. The highest BCUT2D eigenvalue weighted by atomic mass is 35.5. The van der Waals surface area contributed by atoms with Crippen molar-refractivity contribution in [2.24, 2.45) is 23.7 Å². The molecule has 5 nitrogen and oxygen atoms in total. The molecular formula is C22H17ClN2O3. The molecule has 140 valence electrons. The second-order valence-electron chi connectivity index (χ2n) is 7.52. The molecule has 0 radical (unpaired) electrons. The molecule has 28 heavy (non-hydrogen) atoms. The molecule has 3 amide bonds. The van der Waals surface area contributed by atoms with Crippen molar-refractivity contribution in [1.82, 2.24) is 0 Å². The van der Waals surface area contributed by atoms with Crippen molar-refractivity contribution >= 4 is 40.7 Å². The van der Waals surface area contributed by atoms with E-state index in [2.05, 4.69) is 17.5 Å². The van der Waals surface area contributed by atoms with Crippen LogP contribution in [0.5, 0.6) is 0 Å². The van der Waals surface area contributed by atoms with Crippen LogP contribution in [0, 0.1) is 23.7 Å². The van der Waals surface area contributed by atoms with Crippen LogP contribution in [0.1, 0.15) is 16.8 Å². The molecule has 6 heteroatoms. The number of imide groups is 1. The highest BCUT2D eigenvalue weighted by molar-refractivity contribution is 6.30. The number of carbonyl (C=O) groups excluding carboxylic acids is 3. The second kappa shape index (κ2) is 6.31. The van der Waals surface area contributed by atoms with Gasteiger partial charge in [-0.25, -0.2) is 4.90 Å². The number of allylic oxidation sites excluding steroid dienone is 2. The highest BCUT2D eigenvalue weighted by Gasteiger charge is 2.59. The Morgan fingerprint density at radius 1 is 0.964 bits per heavy atom. The lowest BCUT2D eigenvalue weighted by atomic mass is 9.85. The Balaban J connectivity index is 1.40. The topological polar surface area (TPSA) is 66.5 Å². The molecule has 1 saturated heterocycles. The first-order chi connectivity index (χ1) is 13.5. The summed E-state index contributed by atoms with van der Waals surface area (Å²) in [6.45, 7) is 0. The van der Waals surface area contributed by atoms with Gasteiger partial charge in [-0.05, 0) is 60.7 Å². The predicted molar refractivity (Wildman–Crippen MR) is 106 cm³/mol. The molecule has 1 aliphatic heterocycles. The van der Waals surface area contributed by atoms with E-state index in [9.17, 15) is 14.4 Å². The van der Waals surface area contributed by atoms with Crippen LogP contribution in [0.15, 0.2) is 60.7 Å². The van der Waals surface area contributed by atoms with Crippen molar-refractivity contribution in [3.05, 3.63) is 71.3 Å². The van der Waals surface area contributed by atoms with Crippen molar-refractivity contribution in [1.29, 1.82) is 0 Å². The maximum absolute atomic E-state index is 12.9. The molecule has 2 aliphatic carbocycles. The van der Waals surface area contributed by atoms with Gasteiger partial charge in [-0.3, -0.25) is 14.4 Å². The largest absolute Gasteiger partial charge is 0.322 e. The van der Waals surface area contributed by atoms with Gasteiger partial charge in [0.1, 0.15) is 0 Å². The van der Waals surface area contributed by atoms with E-state index in [-0.39, 0.29) is 41.4 Å². The predicted octanol–water partition coefficient (Wildman–Crippen LogP) is 3.90. The van der Waals surface area contributed by atoms with E-state index in [0.717, 1.165) is 6.42 Å². The fourth-order valence-electron chi connectivity index (χ4n) is 4.68. The molecule has 1 heterocycles. The molecule has 2 aromatic rings. The van der Waals surface area contributed by atoms with E-state index < -0.39 is 0 Å². The van der Waals surface area contributed by atoms with Gasteiger partial charge < -0.3 is 5.32 Å². The number of rotatable bonds is 3. The molecule has 3 aliphatic rings. The van der Waals surface area contributed by atoms with Crippen LogP contribution in [-0.2, 0) is 9.59 Å². The third kappa shape index (κ3) is 2.58. The summed E-state index contributed by atoms with van der Waals surface area (Å²) >= 11 is 5.86. The number of halogens is 1. The van der Waals surface area contributed by atoms with Crippen molar-refractivity contribution in [2.45, 2.75) is 6.42 Å². The van der Waals surface area contributed by atoms with Crippen LogP contribution in [-0.4, -0.2) is 17.7 Å². The first-order valence-electron chi connectivity index (χ1n) is 9.26. The van der Waals surface area contributed by atoms with Gasteiger partial charge in [-0.2, -0.15) is 0 Å². The van der Waals surface area contributed by atoms with Gasteiger partial charge in [-0.15, -0.1) is 0 Å². The summed E-state index contributed by atoms with van der Waals surface area (Å²) in [5, 5.41) is 3.38. The molecular weight excluding hydrogens is 376 g/mol. The van der Waals surface area contributed by atoms with Crippen LogP contribution in [0.3, 0.4) is 0 Å². The van der Waals surface area contributed by atoms with Crippen LogP contribution < -0.4 is 10.2 Å². The zero-order chi connectivity index (χ0) is 19.4. The number of hydrogen-bond acceptors (Lipinski definition) is 3. The molecule has 4 atom stereocenters. The van der Waals surface area contributed by atoms with Gasteiger partial charge in [0.2, 0.25) is 11.8 Å². The van der Waals surface area contributed by atoms with E-state index >= 15 is 0 Å². The van der Waals surface area contributed by atoms with E-state index in [0.29, 0.717) is 22.0 Å². The Labute approximate surface area is 167 Å². The molecule has 0 unspecified atom stereocenters. The number of carbonyl (C=O) groups is 3. The number of amides is 3. The summed E-state index contributed by atoms with van der Waals surface area (Å²) < 4.78 is 0. The molecule has 5 rings (SSSR count). The van der Waals surface area contributed by atoms with Crippen molar-refractivity contribution in [3.8, 4) is 0 Å². The second-order valence-corrected chi connectivity index (χ2v) is 7.96. The lowest BCUT2D eigenvalue weighted by molar-refractivity contribution is -0.123. The molecule has 2 aromatic carbocycles. The Bertz CT molecular complexity index is 1000. The van der Waals surface area contributed by atoms with Crippen molar-refractivity contribution < 1.29 is 14.4 Å². The van der Waals surface area contributed by atoms with Gasteiger partial charge in [0.25, 0.3) is 5.91 Å². The normalized spacial score (nSPS) is 27.4. The van der Waals surface area contributed by atoms with Crippen molar-refractivity contribution in [2.75, 3.05) is 10.2 Å². The summed E-state index contributed by atoms with van der Waals surface area (Å²) in [5.74, 6) is -0.807. The number of benzene rings is 2. The summed E-state index contributed by atoms with van der Waals surface area (Å²) in [7, 11) is 0. The standard InChI is InChI=1S/C22H17ClN2O3/c23-15-6-8-16(9-7-15)24-20(26)14-2-1-3-17(11-14)25-21(27)18-12-4-5-13(10-12)19(18)22(25)28/h1-9,11-13,18-19H,10H2,(H,24,26)/t12-,13-,18-,19+/m0/s1. The Hall–Kier alpha value is -2.92. The fourth-order valence-corrected chi connectivity index (χ4v) is 4.81. The van der Waals surface area contributed by atoms with Crippen LogP contribution in [0.2, 0.25) is 5.02 Å². The van der Waals surface area contributed by atoms with Crippen LogP contribution in [0.4, 0.5) is 11.4 Å². The Morgan fingerprint density at radius 3 is 2.25 bits per heavy atom. The SMILES string of the molecule is O=C(Nc1ccc(Cl)cc1)c1cccc(N2C(=O)[C@@H]3[C@H](C2=O)[C@H]2C=C[C@H]3C2)c1. The zero-order valence-corrected chi connectivity index (χ0v) is 15.6. The van der Waals surface area contributed by atoms with E-state index in [1.807, 2.05) is 0 Å². The van der Waals surface area contributed by atoms with Crippen LogP contribution in [0.25, 0.3) is 0 Å². The molecule has 1 saturated carbocycles. The Kier molecular flexibility index (Phi) is 3.88. The molecule has 2 bridgehead atoms. The first kappa shape index (κ1) is 17.2. The molecule has 2 fully saturated rings. The van der Waals surface area contributed by atoms with Crippen molar-refractivity contribution in [3.63, 3.8) is 0 Å². The third-order valence-corrected chi connectivity index (χ3v) is 6.19. The number of nitrogens with zero attached hydrogens (tertiary/aromatic N) is 1. The van der Waals surface area contributed by atoms with E-state index in [1.54, 1.807) is 48.5 Å². The van der Waals surface area contributed by atoms with Crippen LogP contribution >= 0.6 is 11.6 Å². The number of hydrogen-bond donors (Lipinski definition) is 1. The minimum atomic E-state index is -0.315. The minimum absolute atomic E-state index is 0.151. The number of anilines is 2. The van der Waals surface area contributed by atoms with E-state index in [4.69, 9.17) is 11.6 Å². The van der Waals surface area contributed by atoms with Gasteiger partial charge in [0.15, 0.2) is 0 Å². The Morgan fingerprint density at radius 2 is 1.61 bits per heavy atom. The average molecular weight is 393 g/mol. The van der Waals surface area contributed by atoms with Gasteiger partial charge in [-0.1, -0.05) is 29.8 Å². The summed E-state index contributed by atoms with van der Waals surface area (Å²) in [5.41, 5.74) is 1.45. The number of fused-ring (bicyclic) bond motifs is 5. The average Bonchev–Trinajstić information content (AvgIpc) is 3.37. The first-order valence-corrected chi connectivity index (χ1v) is 9.64. The monoisotopic (exact) mass is 392 g/mol. The quantitative estimate of drug-likeness (QED) is 0.636. The summed E-state index contributed by atoms with van der Waals surface area (Å²) in [6.07, 6.45) is 5.02. The van der Waals surface area contributed by atoms with Gasteiger partial charge in [0.05, 0.1) is 17.5 Å². The lowest BCUT2D eigenvalue weighted by Crippen LogP contribution is -2.33. The smallest absolute Gasteiger partial charge is 0.255 e. The third-order valence-electron chi connectivity index (χ3n) is 5.94. The summed E-state index contributed by atoms with van der Waals surface area (Å²) in [6, 6.07) is 13.4. The summed E-state index contributed by atoms with van der Waals surface area (Å²) in [4.78, 5) is 39.8. The minimum Gasteiger partial charge on any atom is -0.322 e.